The van der Waals surface area contributed by atoms with Crippen molar-refractivity contribution in [2.45, 2.75) is 20.4 Å². The maximum absolute atomic E-state index is 12.3. The first kappa shape index (κ1) is 18.7. The number of carbonyl (C=O) groups excluding carboxylic acids is 1. The van der Waals surface area contributed by atoms with Crippen LogP contribution in [0.25, 0.3) is 0 Å². The number of carboxylic acid groups (broad SMARTS) is 1. The van der Waals surface area contributed by atoms with Crippen LogP contribution in [0.1, 0.15) is 39.2 Å². The first-order chi connectivity index (χ1) is 11.9. The molecular weight excluding hydrogens is 350 g/mol. The molecule has 1 amide bonds. The molecule has 2 rings (SSSR count). The maximum Gasteiger partial charge on any atom is 0.339 e. The van der Waals surface area contributed by atoms with Crippen molar-refractivity contribution < 1.29 is 28.6 Å². The summed E-state index contributed by atoms with van der Waals surface area (Å²) in [5, 5.41) is 11.9. The lowest BCUT2D eigenvalue weighted by Crippen LogP contribution is -2.22. The zero-order valence-corrected chi connectivity index (χ0v) is 14.8. The number of benzene rings is 1. The van der Waals surface area contributed by atoms with E-state index in [0.717, 1.165) is 0 Å². The number of amides is 1. The summed E-state index contributed by atoms with van der Waals surface area (Å²) in [6.07, 6.45) is 0. The van der Waals surface area contributed by atoms with Crippen molar-refractivity contribution in [3.63, 3.8) is 0 Å². The van der Waals surface area contributed by atoms with Crippen LogP contribution in [0.2, 0.25) is 5.02 Å². The maximum atomic E-state index is 12.3. The largest absolute Gasteiger partial charge is 0.493 e. The van der Waals surface area contributed by atoms with Gasteiger partial charge in [0.25, 0.3) is 5.91 Å². The van der Waals surface area contributed by atoms with Gasteiger partial charge in [0.15, 0.2) is 11.5 Å². The lowest BCUT2D eigenvalue weighted by atomic mass is 10.2. The number of aryl methyl sites for hydroxylation is 1. The highest BCUT2D eigenvalue weighted by Gasteiger charge is 2.17. The summed E-state index contributed by atoms with van der Waals surface area (Å²) in [5.74, 6) is -0.150. The van der Waals surface area contributed by atoms with E-state index in [4.69, 9.17) is 30.6 Å². The van der Waals surface area contributed by atoms with Gasteiger partial charge in [-0.3, -0.25) is 4.79 Å². The van der Waals surface area contributed by atoms with E-state index in [1.54, 1.807) is 6.92 Å². The molecule has 0 aliphatic carbocycles. The second-order valence-electron chi connectivity index (χ2n) is 5.09. The van der Waals surface area contributed by atoms with E-state index >= 15 is 0 Å². The lowest BCUT2D eigenvalue weighted by Gasteiger charge is -2.13. The average Bonchev–Trinajstić information content (AvgIpc) is 2.95. The van der Waals surface area contributed by atoms with E-state index in [1.165, 1.54) is 25.3 Å². The monoisotopic (exact) mass is 367 g/mol. The second kappa shape index (κ2) is 7.94. The van der Waals surface area contributed by atoms with E-state index in [2.05, 4.69) is 5.32 Å². The molecule has 1 aromatic carbocycles. The fourth-order valence-corrected chi connectivity index (χ4v) is 2.51. The SMILES string of the molecule is CCOc1c(Cl)cc(C(=O)NCc2cc(C(=O)O)c(C)o2)cc1OC. The van der Waals surface area contributed by atoms with Gasteiger partial charge in [-0.1, -0.05) is 11.6 Å². The standard InChI is InChI=1S/C17H18ClNO6/c1-4-24-15-13(18)5-10(6-14(15)23-3)16(20)19-8-11-7-12(17(21)22)9(2)25-11/h5-7H,4,8H2,1-3H3,(H,19,20)(H,21,22). The van der Waals surface area contributed by atoms with Gasteiger partial charge in [0.05, 0.1) is 25.3 Å². The molecular formula is C17H18ClNO6. The van der Waals surface area contributed by atoms with E-state index in [-0.39, 0.29) is 28.5 Å². The van der Waals surface area contributed by atoms with Gasteiger partial charge in [-0.2, -0.15) is 0 Å². The molecule has 0 atom stereocenters. The van der Waals surface area contributed by atoms with Crippen LogP contribution in [-0.4, -0.2) is 30.7 Å². The average molecular weight is 368 g/mol. The van der Waals surface area contributed by atoms with Crippen molar-refractivity contribution in [1.82, 2.24) is 5.32 Å². The first-order valence-electron chi connectivity index (χ1n) is 7.48. The van der Waals surface area contributed by atoms with Crippen LogP contribution in [0.15, 0.2) is 22.6 Å². The predicted molar refractivity (Wildman–Crippen MR) is 90.7 cm³/mol. The Morgan fingerprint density at radius 3 is 2.60 bits per heavy atom. The smallest absolute Gasteiger partial charge is 0.339 e. The number of rotatable bonds is 7. The van der Waals surface area contributed by atoms with Crippen molar-refractivity contribution in [3.05, 3.63) is 45.9 Å². The van der Waals surface area contributed by atoms with Gasteiger partial charge in [-0.25, -0.2) is 4.79 Å². The number of ether oxygens (including phenoxy) is 2. The number of nitrogens with one attached hydrogen (secondary N) is 1. The van der Waals surface area contributed by atoms with Gasteiger partial charge in [0, 0.05) is 5.56 Å². The Morgan fingerprint density at radius 1 is 1.32 bits per heavy atom. The highest BCUT2D eigenvalue weighted by molar-refractivity contribution is 6.32. The number of hydrogen-bond donors (Lipinski definition) is 2. The molecule has 0 spiro atoms. The number of aromatic carboxylic acids is 1. The third-order valence-corrected chi connectivity index (χ3v) is 3.68. The van der Waals surface area contributed by atoms with Gasteiger partial charge in [-0.15, -0.1) is 0 Å². The van der Waals surface area contributed by atoms with Crippen LogP contribution >= 0.6 is 11.6 Å². The van der Waals surface area contributed by atoms with Gasteiger partial charge in [0.1, 0.15) is 17.1 Å². The molecule has 0 fully saturated rings. The Balaban J connectivity index is 2.14. The summed E-state index contributed by atoms with van der Waals surface area (Å²) in [6.45, 7) is 3.81. The lowest BCUT2D eigenvalue weighted by molar-refractivity contribution is 0.0694. The zero-order chi connectivity index (χ0) is 18.6. The summed E-state index contributed by atoms with van der Waals surface area (Å²) in [6, 6.07) is 4.37. The van der Waals surface area contributed by atoms with E-state index in [9.17, 15) is 9.59 Å². The topological polar surface area (TPSA) is 98.0 Å². The quantitative estimate of drug-likeness (QED) is 0.779. The number of furan rings is 1. The molecule has 0 aliphatic rings. The van der Waals surface area contributed by atoms with Gasteiger partial charge < -0.3 is 24.3 Å². The molecule has 1 heterocycles. The molecule has 7 nitrogen and oxygen atoms in total. The number of methoxy groups -OCH3 is 1. The molecule has 0 bridgehead atoms. The highest BCUT2D eigenvalue weighted by atomic mass is 35.5. The van der Waals surface area contributed by atoms with Crippen molar-refractivity contribution >= 4 is 23.5 Å². The Kier molecular flexibility index (Phi) is 5.93. The third kappa shape index (κ3) is 4.24. The highest BCUT2D eigenvalue weighted by Crippen LogP contribution is 2.36. The second-order valence-corrected chi connectivity index (χ2v) is 5.50. The normalized spacial score (nSPS) is 10.4. The molecule has 134 valence electrons. The fourth-order valence-electron chi connectivity index (χ4n) is 2.25. The van der Waals surface area contributed by atoms with Gasteiger partial charge in [0.2, 0.25) is 0 Å². The first-order valence-corrected chi connectivity index (χ1v) is 7.86. The predicted octanol–water partition coefficient (Wildman–Crippen LogP) is 3.28. The van der Waals surface area contributed by atoms with Crippen LogP contribution < -0.4 is 14.8 Å². The summed E-state index contributed by atoms with van der Waals surface area (Å²) < 4.78 is 15.9. The molecule has 0 unspecified atom stereocenters. The molecule has 2 N–H and O–H groups in total. The van der Waals surface area contributed by atoms with Crippen molar-refractivity contribution in [2.24, 2.45) is 0 Å². The summed E-state index contributed by atoms with van der Waals surface area (Å²) in [5.41, 5.74) is 0.349. The van der Waals surface area contributed by atoms with Gasteiger partial charge in [-0.05, 0) is 32.0 Å². The molecule has 1 aromatic heterocycles. The van der Waals surface area contributed by atoms with Crippen molar-refractivity contribution in [1.29, 1.82) is 0 Å². The number of hydrogen-bond acceptors (Lipinski definition) is 5. The molecule has 0 saturated heterocycles. The van der Waals surface area contributed by atoms with Crippen molar-refractivity contribution in [2.75, 3.05) is 13.7 Å². The van der Waals surface area contributed by atoms with E-state index < -0.39 is 11.9 Å². The summed E-state index contributed by atoms with van der Waals surface area (Å²) in [4.78, 5) is 23.3. The molecule has 0 saturated carbocycles. The third-order valence-electron chi connectivity index (χ3n) is 3.40. The van der Waals surface area contributed by atoms with Crippen LogP contribution in [0.5, 0.6) is 11.5 Å². The van der Waals surface area contributed by atoms with Crippen LogP contribution in [0.3, 0.4) is 0 Å². The minimum absolute atomic E-state index is 0.0418. The minimum atomic E-state index is -1.08. The Morgan fingerprint density at radius 2 is 2.04 bits per heavy atom. The molecule has 0 radical (unpaired) electrons. The zero-order valence-electron chi connectivity index (χ0n) is 14.0. The molecule has 0 aliphatic heterocycles. The van der Waals surface area contributed by atoms with Crippen LogP contribution in [0.4, 0.5) is 0 Å². The Bertz CT molecular complexity index is 799. The van der Waals surface area contributed by atoms with Crippen LogP contribution in [0, 0.1) is 6.92 Å². The Hall–Kier alpha value is -2.67. The van der Waals surface area contributed by atoms with E-state index in [1.807, 2.05) is 6.92 Å². The number of halogens is 1. The van der Waals surface area contributed by atoms with Gasteiger partial charge >= 0.3 is 5.97 Å². The molecule has 2 aromatic rings. The summed E-state index contributed by atoms with van der Waals surface area (Å²) >= 11 is 6.14. The molecule has 8 heteroatoms. The molecule has 25 heavy (non-hydrogen) atoms. The fraction of sp³-hybridized carbons (Fsp3) is 0.294. The number of carbonyl (C=O) groups is 2. The van der Waals surface area contributed by atoms with E-state index in [0.29, 0.717) is 23.9 Å². The summed E-state index contributed by atoms with van der Waals surface area (Å²) in [7, 11) is 1.45. The van der Waals surface area contributed by atoms with Crippen LogP contribution in [-0.2, 0) is 6.54 Å². The Labute approximate surface area is 149 Å². The van der Waals surface area contributed by atoms with Crippen molar-refractivity contribution in [3.8, 4) is 11.5 Å². The minimum Gasteiger partial charge on any atom is -0.493 e. The number of carboxylic acids is 1.